The maximum Gasteiger partial charge on any atom is 0.416 e. The summed E-state index contributed by atoms with van der Waals surface area (Å²) in [5.41, 5.74) is -1.64. The first kappa shape index (κ1) is 18.0. The average molecular weight is 345 g/mol. The first-order chi connectivity index (χ1) is 10.9. The van der Waals surface area contributed by atoms with E-state index in [1.807, 2.05) is 0 Å². The van der Waals surface area contributed by atoms with Crippen molar-refractivity contribution in [3.05, 3.63) is 23.9 Å². The molecule has 9 heteroatoms. The third-order valence-electron chi connectivity index (χ3n) is 3.68. The third kappa shape index (κ3) is 3.44. The predicted octanol–water partition coefficient (Wildman–Crippen LogP) is 2.89. The van der Waals surface area contributed by atoms with Crippen molar-refractivity contribution < 1.29 is 27.5 Å². The molecule has 1 aromatic rings. The van der Waals surface area contributed by atoms with Gasteiger partial charge in [0.05, 0.1) is 5.56 Å². The summed E-state index contributed by atoms with van der Waals surface area (Å²) in [6.07, 6.45) is -4.66. The highest BCUT2D eigenvalue weighted by atomic mass is 19.4. The average Bonchev–Trinajstić information content (AvgIpc) is 2.43. The van der Waals surface area contributed by atoms with Crippen LogP contribution >= 0.6 is 0 Å². The van der Waals surface area contributed by atoms with Crippen LogP contribution in [0.2, 0.25) is 0 Å². The smallest absolute Gasteiger partial charge is 0.416 e. The molecule has 1 fully saturated rings. The van der Waals surface area contributed by atoms with Gasteiger partial charge in [0.2, 0.25) is 0 Å². The molecule has 1 unspecified atom stereocenters. The molecule has 1 aromatic heterocycles. The summed E-state index contributed by atoms with van der Waals surface area (Å²) in [4.78, 5) is 30.1. The maximum absolute atomic E-state index is 12.9. The molecular formula is C15H18F3N3O3. The van der Waals surface area contributed by atoms with Crippen LogP contribution in [0.5, 0.6) is 0 Å². The third-order valence-corrected chi connectivity index (χ3v) is 3.68. The monoisotopic (exact) mass is 345 g/mol. The number of carbonyl (C=O) groups excluding carboxylic acids is 2. The summed E-state index contributed by atoms with van der Waals surface area (Å²) in [6.45, 7) is 4.96. The van der Waals surface area contributed by atoms with Crippen LogP contribution < -0.4 is 4.90 Å². The molecule has 2 amide bonds. The number of alkyl halides is 3. The fourth-order valence-electron chi connectivity index (χ4n) is 2.70. The number of hydrogen-bond acceptors (Lipinski definition) is 4. The number of carbonyl (C=O) groups is 2. The van der Waals surface area contributed by atoms with Gasteiger partial charge in [-0.05, 0) is 12.1 Å². The van der Waals surface area contributed by atoms with Crippen molar-refractivity contribution in [2.24, 2.45) is 5.41 Å². The molecule has 1 aliphatic rings. The molecule has 0 aliphatic carbocycles. The van der Waals surface area contributed by atoms with Crippen LogP contribution in [0.4, 0.5) is 23.8 Å². The fourth-order valence-corrected chi connectivity index (χ4v) is 2.70. The van der Waals surface area contributed by atoms with Crippen LogP contribution in [0.3, 0.4) is 0 Å². The normalized spacial score (nSPS) is 21.0. The standard InChI is InChI=1S/C15H18F3N3O3/c1-9(22)24-12-14(2,3)8-20(4)13(23)21(12)11-7-10(5-6-19-11)15(16,17)18/h5-7,12H,8H2,1-4H3. The number of esters is 1. The molecule has 0 saturated carbocycles. The van der Waals surface area contributed by atoms with Gasteiger partial charge in [0, 0.05) is 32.1 Å². The lowest BCUT2D eigenvalue weighted by Crippen LogP contribution is -2.63. The van der Waals surface area contributed by atoms with Crippen LogP contribution in [0, 0.1) is 5.41 Å². The van der Waals surface area contributed by atoms with E-state index in [1.165, 1.54) is 18.9 Å². The van der Waals surface area contributed by atoms with Crippen molar-refractivity contribution in [2.45, 2.75) is 33.2 Å². The number of urea groups is 1. The summed E-state index contributed by atoms with van der Waals surface area (Å²) in [5.74, 6) is -0.858. The van der Waals surface area contributed by atoms with Gasteiger partial charge in [-0.1, -0.05) is 13.8 Å². The Bertz CT molecular complexity index is 661. The minimum absolute atomic E-state index is 0.222. The Morgan fingerprint density at radius 3 is 2.58 bits per heavy atom. The molecule has 0 N–H and O–H groups in total. The molecular weight excluding hydrogens is 327 g/mol. The minimum Gasteiger partial charge on any atom is -0.441 e. The number of halogens is 3. The van der Waals surface area contributed by atoms with E-state index in [-0.39, 0.29) is 12.4 Å². The van der Waals surface area contributed by atoms with Gasteiger partial charge in [-0.3, -0.25) is 4.79 Å². The van der Waals surface area contributed by atoms with E-state index >= 15 is 0 Å². The zero-order valence-corrected chi connectivity index (χ0v) is 13.7. The predicted molar refractivity (Wildman–Crippen MR) is 79.1 cm³/mol. The highest BCUT2D eigenvalue weighted by Crippen LogP contribution is 2.37. The van der Waals surface area contributed by atoms with Gasteiger partial charge in [-0.15, -0.1) is 0 Å². The molecule has 6 nitrogen and oxygen atoms in total. The number of aromatic nitrogens is 1. The van der Waals surface area contributed by atoms with E-state index in [0.29, 0.717) is 0 Å². The SMILES string of the molecule is CC(=O)OC1N(c2cc(C(F)(F)F)ccn2)C(=O)N(C)CC1(C)C. The van der Waals surface area contributed by atoms with E-state index in [4.69, 9.17) is 4.74 Å². The van der Waals surface area contributed by atoms with Gasteiger partial charge in [-0.2, -0.15) is 13.2 Å². The number of amides is 2. The summed E-state index contributed by atoms with van der Waals surface area (Å²) in [7, 11) is 1.52. The molecule has 0 radical (unpaired) electrons. The Balaban J connectivity index is 2.53. The zero-order chi connectivity index (χ0) is 18.3. The number of nitrogens with zero attached hydrogens (tertiary/aromatic N) is 3. The largest absolute Gasteiger partial charge is 0.441 e. The second-order valence-corrected chi connectivity index (χ2v) is 6.36. The molecule has 0 bridgehead atoms. The number of ether oxygens (including phenoxy) is 1. The Hall–Kier alpha value is -2.32. The Morgan fingerprint density at radius 1 is 1.42 bits per heavy atom. The Labute approximate surface area is 137 Å². The number of hydrogen-bond donors (Lipinski definition) is 0. The number of rotatable bonds is 2. The quantitative estimate of drug-likeness (QED) is 0.773. The van der Waals surface area contributed by atoms with Crippen molar-refractivity contribution in [3.63, 3.8) is 0 Å². The van der Waals surface area contributed by atoms with Crippen LogP contribution in [-0.4, -0.2) is 41.7 Å². The van der Waals surface area contributed by atoms with Crippen molar-refractivity contribution in [1.82, 2.24) is 9.88 Å². The van der Waals surface area contributed by atoms with Crippen LogP contribution in [0.1, 0.15) is 26.3 Å². The van der Waals surface area contributed by atoms with Gasteiger partial charge in [0.25, 0.3) is 0 Å². The Kier molecular flexibility index (Phi) is 4.47. The highest BCUT2D eigenvalue weighted by Gasteiger charge is 2.48. The van der Waals surface area contributed by atoms with Crippen molar-refractivity contribution in [2.75, 3.05) is 18.5 Å². The van der Waals surface area contributed by atoms with Crippen LogP contribution in [0.25, 0.3) is 0 Å². The first-order valence-electron chi connectivity index (χ1n) is 7.18. The van der Waals surface area contributed by atoms with Gasteiger partial charge in [0.1, 0.15) is 5.82 Å². The van der Waals surface area contributed by atoms with Gasteiger partial charge >= 0.3 is 18.2 Å². The zero-order valence-electron chi connectivity index (χ0n) is 13.7. The maximum atomic E-state index is 12.9. The van der Waals surface area contributed by atoms with E-state index in [1.54, 1.807) is 13.8 Å². The molecule has 2 rings (SSSR count). The van der Waals surface area contributed by atoms with E-state index < -0.39 is 35.4 Å². The van der Waals surface area contributed by atoms with Crippen molar-refractivity contribution in [3.8, 4) is 0 Å². The molecule has 0 aromatic carbocycles. The second-order valence-electron chi connectivity index (χ2n) is 6.36. The van der Waals surface area contributed by atoms with Gasteiger partial charge < -0.3 is 9.64 Å². The molecule has 1 aliphatic heterocycles. The lowest BCUT2D eigenvalue weighted by Gasteiger charge is -2.47. The molecule has 1 saturated heterocycles. The van der Waals surface area contributed by atoms with Crippen LogP contribution in [-0.2, 0) is 15.7 Å². The summed E-state index contributed by atoms with van der Waals surface area (Å²) in [6, 6.07) is 0.990. The molecule has 132 valence electrons. The van der Waals surface area contributed by atoms with Crippen molar-refractivity contribution >= 4 is 17.8 Å². The van der Waals surface area contributed by atoms with E-state index in [2.05, 4.69) is 4.98 Å². The molecule has 1 atom stereocenters. The van der Waals surface area contributed by atoms with Crippen molar-refractivity contribution in [1.29, 1.82) is 0 Å². The molecule has 24 heavy (non-hydrogen) atoms. The fraction of sp³-hybridized carbons (Fsp3) is 0.533. The summed E-state index contributed by atoms with van der Waals surface area (Å²) < 4.78 is 44.1. The lowest BCUT2D eigenvalue weighted by molar-refractivity contribution is -0.153. The molecule has 0 spiro atoms. The highest BCUT2D eigenvalue weighted by molar-refractivity contribution is 5.92. The Morgan fingerprint density at radius 2 is 2.04 bits per heavy atom. The van der Waals surface area contributed by atoms with E-state index in [9.17, 15) is 22.8 Å². The first-order valence-corrected chi connectivity index (χ1v) is 7.18. The number of pyridine rings is 1. The lowest BCUT2D eigenvalue weighted by atomic mass is 9.87. The summed E-state index contributed by atoms with van der Waals surface area (Å²) >= 11 is 0. The van der Waals surface area contributed by atoms with Crippen LogP contribution in [0.15, 0.2) is 18.3 Å². The molecule has 2 heterocycles. The number of anilines is 1. The van der Waals surface area contributed by atoms with Gasteiger partial charge in [0.15, 0.2) is 6.23 Å². The minimum atomic E-state index is -4.57. The second kappa shape index (κ2) is 5.95. The topological polar surface area (TPSA) is 62.7 Å². The van der Waals surface area contributed by atoms with Gasteiger partial charge in [-0.25, -0.2) is 14.7 Å². The summed E-state index contributed by atoms with van der Waals surface area (Å²) in [5, 5.41) is 0. The van der Waals surface area contributed by atoms with E-state index in [0.717, 1.165) is 23.2 Å².